The van der Waals surface area contributed by atoms with Gasteiger partial charge >= 0.3 is 0 Å². The van der Waals surface area contributed by atoms with Crippen molar-refractivity contribution in [3.8, 4) is 0 Å². The van der Waals surface area contributed by atoms with Crippen LogP contribution < -0.4 is 5.32 Å². The van der Waals surface area contributed by atoms with E-state index < -0.39 is 0 Å². The fourth-order valence-corrected chi connectivity index (χ4v) is 2.05. The van der Waals surface area contributed by atoms with Crippen LogP contribution in [-0.2, 0) is 4.74 Å². The molecule has 2 unspecified atom stereocenters. The lowest BCUT2D eigenvalue weighted by Crippen LogP contribution is -2.47. The van der Waals surface area contributed by atoms with Crippen molar-refractivity contribution < 1.29 is 4.74 Å². The first kappa shape index (κ1) is 10.7. The Hall–Kier alpha value is -0.340. The normalized spacial score (nSPS) is 30.4. The maximum absolute atomic E-state index is 5.79. The number of likely N-dealkylation sites (N-methyl/N-ethyl adjacent to an activating group) is 1. The predicted molar refractivity (Wildman–Crippen MR) is 55.9 cm³/mol. The van der Waals surface area contributed by atoms with Gasteiger partial charge in [0.15, 0.2) is 0 Å². The topological polar surface area (TPSA) is 21.3 Å². The van der Waals surface area contributed by atoms with Crippen molar-refractivity contribution in [1.82, 2.24) is 5.32 Å². The highest BCUT2D eigenvalue weighted by molar-refractivity contribution is 5.01. The molecule has 1 rings (SSSR count). The Bertz CT molecular complexity index is 183. The zero-order valence-electron chi connectivity index (χ0n) is 9.02. The molecule has 0 aliphatic carbocycles. The Kier molecular flexibility index (Phi) is 3.51. The van der Waals surface area contributed by atoms with Crippen LogP contribution in [0.15, 0.2) is 12.2 Å². The Balaban J connectivity index is 2.58. The summed E-state index contributed by atoms with van der Waals surface area (Å²) in [6.07, 6.45) is 3.35. The van der Waals surface area contributed by atoms with Crippen molar-refractivity contribution >= 4 is 0 Å². The monoisotopic (exact) mass is 183 g/mol. The second-order valence-electron chi connectivity index (χ2n) is 4.27. The van der Waals surface area contributed by atoms with Gasteiger partial charge in [0.2, 0.25) is 0 Å². The molecule has 0 spiro atoms. The predicted octanol–water partition coefficient (Wildman–Crippen LogP) is 2.11. The molecule has 0 bridgehead atoms. The van der Waals surface area contributed by atoms with Crippen LogP contribution in [0.4, 0.5) is 0 Å². The van der Waals surface area contributed by atoms with E-state index in [9.17, 15) is 0 Å². The summed E-state index contributed by atoms with van der Waals surface area (Å²) in [7, 11) is 2.00. The van der Waals surface area contributed by atoms with Gasteiger partial charge in [0, 0.05) is 12.6 Å². The van der Waals surface area contributed by atoms with E-state index in [1.165, 1.54) is 12.0 Å². The van der Waals surface area contributed by atoms with Crippen molar-refractivity contribution in [3.05, 3.63) is 12.2 Å². The van der Waals surface area contributed by atoms with Crippen molar-refractivity contribution in [3.63, 3.8) is 0 Å². The summed E-state index contributed by atoms with van der Waals surface area (Å²) < 4.78 is 5.79. The van der Waals surface area contributed by atoms with Crippen molar-refractivity contribution in [1.29, 1.82) is 0 Å². The lowest BCUT2D eigenvalue weighted by molar-refractivity contribution is -0.00938. The zero-order chi connectivity index (χ0) is 9.90. The molecule has 2 atom stereocenters. The molecule has 0 saturated carbocycles. The molecule has 2 nitrogen and oxygen atoms in total. The third-order valence-corrected chi connectivity index (χ3v) is 2.89. The van der Waals surface area contributed by atoms with Crippen molar-refractivity contribution in [2.24, 2.45) is 0 Å². The van der Waals surface area contributed by atoms with Crippen LogP contribution in [0.1, 0.15) is 33.1 Å². The number of ether oxygens (including phenoxy) is 1. The Morgan fingerprint density at radius 1 is 1.69 bits per heavy atom. The van der Waals surface area contributed by atoms with E-state index in [1.54, 1.807) is 0 Å². The molecule has 13 heavy (non-hydrogen) atoms. The Morgan fingerprint density at radius 2 is 2.38 bits per heavy atom. The summed E-state index contributed by atoms with van der Waals surface area (Å²) in [5.74, 6) is 0. The van der Waals surface area contributed by atoms with E-state index in [4.69, 9.17) is 4.74 Å². The SMILES string of the molecule is C=C(C)CC(NC)C1(C)CCCO1. The highest BCUT2D eigenvalue weighted by atomic mass is 16.5. The third-order valence-electron chi connectivity index (χ3n) is 2.89. The van der Waals surface area contributed by atoms with Crippen LogP contribution >= 0.6 is 0 Å². The highest BCUT2D eigenvalue weighted by Gasteiger charge is 2.37. The van der Waals surface area contributed by atoms with Gasteiger partial charge in [-0.3, -0.25) is 0 Å². The largest absolute Gasteiger partial charge is 0.374 e. The molecule has 1 heterocycles. The van der Waals surface area contributed by atoms with Crippen molar-refractivity contribution in [2.75, 3.05) is 13.7 Å². The van der Waals surface area contributed by atoms with E-state index in [-0.39, 0.29) is 5.60 Å². The molecule has 0 aromatic heterocycles. The van der Waals surface area contributed by atoms with Crippen molar-refractivity contribution in [2.45, 2.75) is 44.8 Å². The van der Waals surface area contributed by atoms with E-state index in [2.05, 4.69) is 25.7 Å². The van der Waals surface area contributed by atoms with Crippen LogP contribution in [0.2, 0.25) is 0 Å². The van der Waals surface area contributed by atoms with Crippen LogP contribution in [0.5, 0.6) is 0 Å². The first-order chi connectivity index (χ1) is 6.08. The maximum atomic E-state index is 5.79. The van der Waals surface area contributed by atoms with E-state index in [0.717, 1.165) is 19.4 Å². The summed E-state index contributed by atoms with van der Waals surface area (Å²) in [6, 6.07) is 0.410. The molecule has 1 saturated heterocycles. The standard InChI is InChI=1S/C11H21NO/c1-9(2)8-10(12-4)11(3)6-5-7-13-11/h10,12H,1,5-8H2,2-4H3. The van der Waals surface area contributed by atoms with E-state index in [1.807, 2.05) is 7.05 Å². The van der Waals surface area contributed by atoms with Crippen LogP contribution in [-0.4, -0.2) is 25.3 Å². The molecule has 0 aromatic carbocycles. The van der Waals surface area contributed by atoms with Gasteiger partial charge in [-0.1, -0.05) is 5.57 Å². The molecule has 76 valence electrons. The fraction of sp³-hybridized carbons (Fsp3) is 0.818. The average molecular weight is 183 g/mol. The molecule has 0 radical (unpaired) electrons. The average Bonchev–Trinajstić information content (AvgIpc) is 2.48. The Labute approximate surface area is 81.4 Å². The first-order valence-corrected chi connectivity index (χ1v) is 5.04. The minimum absolute atomic E-state index is 0.0215. The second kappa shape index (κ2) is 4.25. The van der Waals surface area contributed by atoms with Gasteiger partial charge in [0.1, 0.15) is 0 Å². The molecule has 1 aliphatic rings. The van der Waals surface area contributed by atoms with Gasteiger partial charge in [-0.25, -0.2) is 0 Å². The van der Waals surface area contributed by atoms with E-state index in [0.29, 0.717) is 6.04 Å². The van der Waals surface area contributed by atoms with Gasteiger partial charge in [-0.05, 0) is 40.2 Å². The van der Waals surface area contributed by atoms with Gasteiger partial charge in [0.05, 0.1) is 5.60 Å². The summed E-state index contributed by atoms with van der Waals surface area (Å²) in [4.78, 5) is 0. The zero-order valence-corrected chi connectivity index (χ0v) is 9.02. The molecule has 1 fully saturated rings. The third kappa shape index (κ3) is 2.55. The molecule has 2 heteroatoms. The lowest BCUT2D eigenvalue weighted by Gasteiger charge is -2.33. The lowest BCUT2D eigenvalue weighted by atomic mass is 9.89. The van der Waals surface area contributed by atoms with Crippen LogP contribution in [0, 0.1) is 0 Å². The fourth-order valence-electron chi connectivity index (χ4n) is 2.05. The highest BCUT2D eigenvalue weighted by Crippen LogP contribution is 2.30. The van der Waals surface area contributed by atoms with Crippen LogP contribution in [0.3, 0.4) is 0 Å². The summed E-state index contributed by atoms with van der Waals surface area (Å²) >= 11 is 0. The molecule has 1 N–H and O–H groups in total. The van der Waals surface area contributed by atoms with Crippen LogP contribution in [0.25, 0.3) is 0 Å². The minimum atomic E-state index is 0.0215. The summed E-state index contributed by atoms with van der Waals surface area (Å²) in [6.45, 7) is 9.13. The number of hydrogen-bond acceptors (Lipinski definition) is 2. The van der Waals surface area contributed by atoms with Gasteiger partial charge in [-0.15, -0.1) is 6.58 Å². The Morgan fingerprint density at radius 3 is 2.77 bits per heavy atom. The van der Waals surface area contributed by atoms with Gasteiger partial charge in [-0.2, -0.15) is 0 Å². The minimum Gasteiger partial charge on any atom is -0.374 e. The van der Waals surface area contributed by atoms with E-state index >= 15 is 0 Å². The smallest absolute Gasteiger partial charge is 0.0810 e. The number of nitrogens with one attached hydrogen (secondary N) is 1. The molecule has 1 aliphatic heterocycles. The van der Waals surface area contributed by atoms with Gasteiger partial charge < -0.3 is 10.1 Å². The van der Waals surface area contributed by atoms with Gasteiger partial charge in [0.25, 0.3) is 0 Å². The second-order valence-corrected chi connectivity index (χ2v) is 4.27. The number of rotatable bonds is 4. The summed E-state index contributed by atoms with van der Waals surface area (Å²) in [5.41, 5.74) is 1.24. The first-order valence-electron chi connectivity index (χ1n) is 5.04. The molecular formula is C11H21NO. The quantitative estimate of drug-likeness (QED) is 0.674. The molecule has 0 amide bonds. The molecular weight excluding hydrogens is 162 g/mol. The maximum Gasteiger partial charge on any atom is 0.0810 e. The number of hydrogen-bond donors (Lipinski definition) is 1. The summed E-state index contributed by atoms with van der Waals surface area (Å²) in [5, 5.41) is 3.33. The molecule has 0 aromatic rings.